The maximum atomic E-state index is 13.2. The van der Waals surface area contributed by atoms with Crippen molar-refractivity contribution >= 4 is 31.9 Å². The van der Waals surface area contributed by atoms with E-state index in [0.717, 1.165) is 16.7 Å². The predicted octanol–water partition coefficient (Wildman–Crippen LogP) is 5.88. The first kappa shape index (κ1) is 21.6. The first-order valence-electron chi connectivity index (χ1n) is 9.82. The van der Waals surface area contributed by atoms with Crippen molar-refractivity contribution in [2.75, 3.05) is 6.79 Å². The van der Waals surface area contributed by atoms with Crippen molar-refractivity contribution in [1.82, 2.24) is 0 Å². The largest absolute Gasteiger partial charge is 0.487 e. The molecule has 0 saturated carbocycles. The molecule has 0 spiro atoms. The third-order valence-electron chi connectivity index (χ3n) is 5.36. The molecule has 3 aromatic rings. The molecule has 0 bridgehead atoms. The van der Waals surface area contributed by atoms with Gasteiger partial charge in [0.2, 0.25) is 12.7 Å². The van der Waals surface area contributed by atoms with Crippen molar-refractivity contribution in [2.45, 2.75) is 12.5 Å². The Kier molecular flexibility index (Phi) is 5.64. The molecule has 1 atom stereocenters. The number of benzene rings is 3. The van der Waals surface area contributed by atoms with Crippen LogP contribution in [0.4, 0.5) is 4.39 Å². The van der Waals surface area contributed by atoms with Crippen LogP contribution in [0.15, 0.2) is 68.9 Å². The first-order chi connectivity index (χ1) is 15.9. The molecule has 0 aliphatic carbocycles. The highest BCUT2D eigenvalue weighted by molar-refractivity contribution is 9.11. The van der Waals surface area contributed by atoms with Gasteiger partial charge in [0.05, 0.1) is 14.9 Å². The van der Waals surface area contributed by atoms with E-state index in [0.29, 0.717) is 37.5 Å². The highest BCUT2D eigenvalue weighted by Crippen LogP contribution is 2.49. The molecule has 2 aliphatic rings. The molecule has 6 nitrogen and oxygen atoms in total. The molecule has 33 heavy (non-hydrogen) atoms. The maximum absolute atomic E-state index is 13.2. The van der Waals surface area contributed by atoms with Gasteiger partial charge in [-0.15, -0.1) is 0 Å². The number of ether oxygens (including phenoxy) is 4. The van der Waals surface area contributed by atoms with Crippen LogP contribution in [0.5, 0.6) is 23.0 Å². The van der Waals surface area contributed by atoms with E-state index in [1.807, 2.05) is 18.2 Å². The van der Waals surface area contributed by atoms with Gasteiger partial charge in [0.1, 0.15) is 35.6 Å². The van der Waals surface area contributed by atoms with Crippen LogP contribution in [-0.2, 0) is 6.61 Å². The summed E-state index contributed by atoms with van der Waals surface area (Å²) in [5, 5.41) is 9.84. The average molecular weight is 574 g/mol. The number of allylic oxidation sites excluding steroid dienone is 1. The number of fused-ring (bicyclic) bond motifs is 2. The molecule has 0 saturated heterocycles. The fourth-order valence-corrected chi connectivity index (χ4v) is 5.26. The average Bonchev–Trinajstić information content (AvgIpc) is 3.24. The number of nitrogens with zero attached hydrogens (tertiary/aromatic N) is 1. The molecule has 2 N–H and O–H groups in total. The lowest BCUT2D eigenvalue weighted by Gasteiger charge is -2.27. The zero-order valence-corrected chi connectivity index (χ0v) is 20.1. The number of rotatable bonds is 4. The molecule has 9 heteroatoms. The van der Waals surface area contributed by atoms with Gasteiger partial charge in [-0.1, -0.05) is 12.1 Å². The van der Waals surface area contributed by atoms with E-state index in [-0.39, 0.29) is 25.1 Å². The van der Waals surface area contributed by atoms with Gasteiger partial charge in [-0.2, -0.15) is 5.26 Å². The summed E-state index contributed by atoms with van der Waals surface area (Å²) in [5.74, 6) is 1.49. The number of hydrogen-bond acceptors (Lipinski definition) is 6. The van der Waals surface area contributed by atoms with Crippen molar-refractivity contribution in [2.24, 2.45) is 5.73 Å². The molecule has 0 unspecified atom stereocenters. The number of halogens is 3. The standard InChI is InChI=1S/C24H15Br2FN2O4/c25-17-5-13(6-18(26)23(17)30-10-12-1-3-14(27)4-2-12)22-15-7-20-21(32-11-31-20)8-19(15)33-24(29)16(22)9-28/h1-8,22H,10-11,29H2/t22-/m0/s1. The zero-order valence-electron chi connectivity index (χ0n) is 16.9. The Balaban J connectivity index is 1.52. The van der Waals surface area contributed by atoms with E-state index in [4.69, 9.17) is 24.7 Å². The number of nitrogens with two attached hydrogens (primary N) is 1. The molecule has 0 amide bonds. The Hall–Kier alpha value is -3.22. The second-order valence-electron chi connectivity index (χ2n) is 7.40. The maximum Gasteiger partial charge on any atom is 0.231 e. The Labute approximate surface area is 205 Å². The Morgan fingerprint density at radius 3 is 2.36 bits per heavy atom. The highest BCUT2D eigenvalue weighted by atomic mass is 79.9. The van der Waals surface area contributed by atoms with Gasteiger partial charge in [0.25, 0.3) is 0 Å². The minimum atomic E-state index is -0.480. The summed E-state index contributed by atoms with van der Waals surface area (Å²) >= 11 is 7.15. The molecule has 2 aliphatic heterocycles. The van der Waals surface area contributed by atoms with Crippen LogP contribution in [0.2, 0.25) is 0 Å². The molecule has 0 fully saturated rings. The van der Waals surface area contributed by atoms with Gasteiger partial charge in [-0.05, 0) is 73.3 Å². The summed E-state index contributed by atoms with van der Waals surface area (Å²) in [5.41, 5.74) is 8.75. The van der Waals surface area contributed by atoms with Crippen LogP contribution in [0.3, 0.4) is 0 Å². The van der Waals surface area contributed by atoms with Crippen molar-refractivity contribution in [3.8, 4) is 29.1 Å². The molecule has 0 radical (unpaired) electrons. The van der Waals surface area contributed by atoms with E-state index in [1.54, 1.807) is 18.2 Å². The topological polar surface area (TPSA) is 86.7 Å². The first-order valence-corrected chi connectivity index (χ1v) is 11.4. The van der Waals surface area contributed by atoms with Crippen LogP contribution >= 0.6 is 31.9 Å². The van der Waals surface area contributed by atoms with Gasteiger partial charge >= 0.3 is 0 Å². The monoisotopic (exact) mass is 572 g/mol. The zero-order chi connectivity index (χ0) is 23.1. The van der Waals surface area contributed by atoms with Crippen LogP contribution in [0, 0.1) is 17.1 Å². The molecule has 5 rings (SSSR count). The molecule has 0 aromatic heterocycles. The van der Waals surface area contributed by atoms with Crippen molar-refractivity contribution in [3.63, 3.8) is 0 Å². The smallest absolute Gasteiger partial charge is 0.231 e. The summed E-state index contributed by atoms with van der Waals surface area (Å²) in [6, 6.07) is 15.6. The molecular weight excluding hydrogens is 559 g/mol. The normalized spacial score (nSPS) is 16.1. The fourth-order valence-electron chi connectivity index (χ4n) is 3.81. The molecule has 2 heterocycles. The summed E-state index contributed by atoms with van der Waals surface area (Å²) in [4.78, 5) is 0. The second kappa shape index (κ2) is 8.61. The Morgan fingerprint density at radius 2 is 1.70 bits per heavy atom. The lowest BCUT2D eigenvalue weighted by Crippen LogP contribution is -2.21. The van der Waals surface area contributed by atoms with Gasteiger partial charge in [-0.25, -0.2) is 4.39 Å². The van der Waals surface area contributed by atoms with E-state index < -0.39 is 5.92 Å². The van der Waals surface area contributed by atoms with E-state index in [9.17, 15) is 9.65 Å². The Bertz CT molecular complexity index is 1310. The summed E-state index contributed by atoms with van der Waals surface area (Å²) < 4.78 is 37.2. The van der Waals surface area contributed by atoms with Crippen LogP contribution in [0.1, 0.15) is 22.6 Å². The van der Waals surface area contributed by atoms with Gasteiger partial charge in [-0.3, -0.25) is 0 Å². The summed E-state index contributed by atoms with van der Waals surface area (Å²) in [6.45, 7) is 0.380. The lowest BCUT2D eigenvalue weighted by molar-refractivity contribution is 0.174. The highest BCUT2D eigenvalue weighted by Gasteiger charge is 2.34. The number of nitriles is 1. The Morgan fingerprint density at radius 1 is 1.03 bits per heavy atom. The predicted molar refractivity (Wildman–Crippen MR) is 124 cm³/mol. The summed E-state index contributed by atoms with van der Waals surface area (Å²) in [7, 11) is 0. The van der Waals surface area contributed by atoms with Crippen LogP contribution in [0.25, 0.3) is 0 Å². The van der Waals surface area contributed by atoms with E-state index in [2.05, 4.69) is 37.9 Å². The fraction of sp³-hybridized carbons (Fsp3) is 0.125. The van der Waals surface area contributed by atoms with Gasteiger partial charge in [0.15, 0.2) is 11.5 Å². The van der Waals surface area contributed by atoms with Gasteiger partial charge in [0, 0.05) is 11.6 Å². The minimum Gasteiger partial charge on any atom is -0.487 e. The van der Waals surface area contributed by atoms with Crippen molar-refractivity contribution in [3.05, 3.63) is 91.4 Å². The van der Waals surface area contributed by atoms with E-state index in [1.165, 1.54) is 12.1 Å². The van der Waals surface area contributed by atoms with Crippen LogP contribution in [-0.4, -0.2) is 6.79 Å². The third kappa shape index (κ3) is 4.01. The quantitative estimate of drug-likeness (QED) is 0.419. The molecular formula is C24H15Br2FN2O4. The minimum absolute atomic E-state index is 0.0396. The van der Waals surface area contributed by atoms with E-state index >= 15 is 0 Å². The van der Waals surface area contributed by atoms with Crippen molar-refractivity contribution in [1.29, 1.82) is 5.26 Å². The lowest BCUT2D eigenvalue weighted by atomic mass is 9.83. The third-order valence-corrected chi connectivity index (χ3v) is 6.54. The molecule has 3 aromatic carbocycles. The second-order valence-corrected chi connectivity index (χ2v) is 9.11. The SMILES string of the molecule is N#CC1=C(N)Oc2cc3c(cc2[C@@H]1c1cc(Br)c(OCc2ccc(F)cc2)c(Br)c1)OCO3. The molecule has 166 valence electrons. The number of hydrogen-bond donors (Lipinski definition) is 1. The van der Waals surface area contributed by atoms with Crippen molar-refractivity contribution < 1.29 is 23.3 Å². The summed E-state index contributed by atoms with van der Waals surface area (Å²) in [6.07, 6.45) is 0. The van der Waals surface area contributed by atoms with Crippen LogP contribution < -0.4 is 24.7 Å². The van der Waals surface area contributed by atoms with Gasteiger partial charge < -0.3 is 24.7 Å².